The van der Waals surface area contributed by atoms with Crippen LogP contribution in [-0.2, 0) is 0 Å². The highest BCUT2D eigenvalue weighted by Gasteiger charge is 2.23. The van der Waals surface area contributed by atoms with Crippen molar-refractivity contribution in [2.24, 2.45) is 0 Å². The van der Waals surface area contributed by atoms with Gasteiger partial charge in [-0.05, 0) is 77.4 Å². The summed E-state index contributed by atoms with van der Waals surface area (Å²) in [5.74, 6) is 1.57. The molecule has 0 aliphatic rings. The van der Waals surface area contributed by atoms with Gasteiger partial charge in [0, 0.05) is 49.3 Å². The van der Waals surface area contributed by atoms with Gasteiger partial charge in [-0.1, -0.05) is 176 Å². The van der Waals surface area contributed by atoms with Gasteiger partial charge in [-0.2, -0.15) is 0 Å². The molecular weight excluding hydrogens is 831 g/mol. The highest BCUT2D eigenvalue weighted by molar-refractivity contribution is 6.24. The Morgan fingerprint density at radius 2 is 0.868 bits per heavy atom. The first-order chi connectivity index (χ1) is 33.8. The zero-order valence-electron chi connectivity index (χ0n) is 36.7. The van der Waals surface area contributed by atoms with Crippen LogP contribution in [0.4, 0.5) is 0 Å². The molecule has 0 amide bonds. The normalized spacial score (nSPS) is 11.8. The SMILES string of the molecule is c1ccc(-c2nnc(-c3ccccc3)n2-c2ccc3c4ccccc4n(-c4ccccc4-c4ccccc4-c4cccc(-n5c6ccccc6c6c7oc8ccccc8c7ccc65)c4)c3c2)cc1. The second-order valence-corrected chi connectivity index (χ2v) is 17.4. The van der Waals surface area contributed by atoms with Crippen molar-refractivity contribution < 1.29 is 4.42 Å². The fraction of sp³-hybridized carbons (Fsp3) is 0. The molecule has 0 radical (unpaired) electrons. The van der Waals surface area contributed by atoms with Gasteiger partial charge in [0.25, 0.3) is 0 Å². The second-order valence-electron chi connectivity index (χ2n) is 17.4. The van der Waals surface area contributed by atoms with Crippen molar-refractivity contribution in [3.8, 4) is 62.1 Å². The van der Waals surface area contributed by atoms with Crippen LogP contribution >= 0.6 is 0 Å². The Morgan fingerprint density at radius 1 is 0.309 bits per heavy atom. The lowest BCUT2D eigenvalue weighted by Crippen LogP contribution is -2.02. The lowest BCUT2D eigenvalue weighted by molar-refractivity contribution is 0.673. The molecular formula is C62H39N5O. The smallest absolute Gasteiger partial charge is 0.168 e. The van der Waals surface area contributed by atoms with E-state index in [4.69, 9.17) is 14.6 Å². The average molecular weight is 870 g/mol. The predicted octanol–water partition coefficient (Wildman–Crippen LogP) is 16.0. The van der Waals surface area contributed by atoms with Crippen molar-refractivity contribution >= 4 is 65.6 Å². The highest BCUT2D eigenvalue weighted by Crippen LogP contribution is 2.44. The van der Waals surface area contributed by atoms with Gasteiger partial charge in [0.2, 0.25) is 0 Å². The third-order valence-electron chi connectivity index (χ3n) is 13.6. The van der Waals surface area contributed by atoms with Crippen molar-refractivity contribution in [2.45, 2.75) is 0 Å². The van der Waals surface area contributed by atoms with Crippen LogP contribution in [-0.4, -0.2) is 23.9 Å². The van der Waals surface area contributed by atoms with Crippen LogP contribution in [0.5, 0.6) is 0 Å². The molecule has 68 heavy (non-hydrogen) atoms. The monoisotopic (exact) mass is 869 g/mol. The first kappa shape index (κ1) is 38.1. The fourth-order valence-corrected chi connectivity index (χ4v) is 10.6. The van der Waals surface area contributed by atoms with Crippen LogP contribution in [0.2, 0.25) is 0 Å². The molecule has 6 nitrogen and oxygen atoms in total. The molecule has 14 rings (SSSR count). The minimum Gasteiger partial charge on any atom is -0.455 e. The van der Waals surface area contributed by atoms with Crippen LogP contribution in [0, 0.1) is 0 Å². The highest BCUT2D eigenvalue weighted by atomic mass is 16.3. The number of hydrogen-bond donors (Lipinski definition) is 0. The Balaban J connectivity index is 0.951. The number of aromatic nitrogens is 5. The molecule has 6 heteroatoms. The molecule has 10 aromatic carbocycles. The molecule has 0 aliphatic heterocycles. The number of hydrogen-bond acceptors (Lipinski definition) is 3. The summed E-state index contributed by atoms with van der Waals surface area (Å²) in [5, 5.41) is 16.5. The summed E-state index contributed by atoms with van der Waals surface area (Å²) in [5.41, 5.74) is 16.0. The molecule has 4 aromatic heterocycles. The maximum atomic E-state index is 6.63. The van der Waals surface area contributed by atoms with E-state index >= 15 is 0 Å². The third kappa shape index (κ3) is 5.77. The number of nitrogens with zero attached hydrogens (tertiary/aromatic N) is 5. The van der Waals surface area contributed by atoms with Gasteiger partial charge >= 0.3 is 0 Å². The maximum absolute atomic E-state index is 6.63. The number of benzene rings is 10. The molecule has 318 valence electrons. The van der Waals surface area contributed by atoms with Gasteiger partial charge in [-0.3, -0.25) is 4.57 Å². The van der Waals surface area contributed by atoms with Crippen LogP contribution < -0.4 is 0 Å². The molecule has 0 saturated heterocycles. The zero-order chi connectivity index (χ0) is 44.7. The minimum atomic E-state index is 0.784. The molecule has 0 saturated carbocycles. The number of para-hydroxylation sites is 4. The summed E-state index contributed by atoms with van der Waals surface area (Å²) in [7, 11) is 0. The molecule has 0 unspecified atom stereocenters. The summed E-state index contributed by atoms with van der Waals surface area (Å²) in [6.45, 7) is 0. The zero-order valence-corrected chi connectivity index (χ0v) is 36.7. The van der Waals surface area contributed by atoms with Crippen molar-refractivity contribution in [1.29, 1.82) is 0 Å². The lowest BCUT2D eigenvalue weighted by atomic mass is 9.93. The molecule has 4 heterocycles. The predicted molar refractivity (Wildman–Crippen MR) is 279 cm³/mol. The standard InChI is InChI=1S/C62H39N5O/c1-3-18-40(19-4-1)61-63-64-62(41-20-5-2-6-21-41)66(61)44-34-35-49-48-27-10-14-31-54(48)67(57(49)39-44)53-30-13-9-26-47(53)46-25-8-7-24-45(46)42-22-17-23-43(38-42)65-55-32-15-11-29-52(55)59-56(65)37-36-51-50-28-12-16-33-58(50)68-60(51)59/h1-39H. The topological polar surface area (TPSA) is 53.7 Å². The second kappa shape index (κ2) is 15.2. The van der Waals surface area contributed by atoms with Crippen LogP contribution in [0.25, 0.3) is 128 Å². The van der Waals surface area contributed by atoms with Gasteiger partial charge in [-0.15, -0.1) is 10.2 Å². The molecule has 0 bridgehead atoms. The first-order valence-electron chi connectivity index (χ1n) is 23.0. The molecule has 0 fully saturated rings. The number of rotatable bonds is 7. The first-order valence-corrected chi connectivity index (χ1v) is 23.0. The van der Waals surface area contributed by atoms with E-state index in [1.165, 1.54) is 10.8 Å². The van der Waals surface area contributed by atoms with E-state index in [-0.39, 0.29) is 0 Å². The minimum absolute atomic E-state index is 0.784. The van der Waals surface area contributed by atoms with E-state index in [0.717, 1.165) is 117 Å². The Labute approximate surface area is 390 Å². The summed E-state index contributed by atoms with van der Waals surface area (Å²) in [4.78, 5) is 0. The van der Waals surface area contributed by atoms with Gasteiger partial charge < -0.3 is 13.6 Å². The largest absolute Gasteiger partial charge is 0.455 e. The average Bonchev–Trinajstić information content (AvgIpc) is 4.19. The number of fused-ring (bicyclic) bond motifs is 10. The lowest BCUT2D eigenvalue weighted by Gasteiger charge is -2.18. The Bertz CT molecular complexity index is 4210. The van der Waals surface area contributed by atoms with Crippen LogP contribution in [0.1, 0.15) is 0 Å². The van der Waals surface area contributed by atoms with Crippen LogP contribution in [0.3, 0.4) is 0 Å². The molecule has 0 aliphatic carbocycles. The van der Waals surface area contributed by atoms with Gasteiger partial charge in [0.15, 0.2) is 11.6 Å². The van der Waals surface area contributed by atoms with E-state index in [2.05, 4.69) is 208 Å². The van der Waals surface area contributed by atoms with Crippen molar-refractivity contribution in [1.82, 2.24) is 23.9 Å². The van der Waals surface area contributed by atoms with Gasteiger partial charge in [0.05, 0.1) is 38.8 Å². The molecule has 0 spiro atoms. The number of furan rings is 1. The van der Waals surface area contributed by atoms with Gasteiger partial charge in [-0.25, -0.2) is 0 Å². The molecule has 14 aromatic rings. The van der Waals surface area contributed by atoms with E-state index in [0.29, 0.717) is 0 Å². The quantitative estimate of drug-likeness (QED) is 0.160. The summed E-state index contributed by atoms with van der Waals surface area (Å²) >= 11 is 0. The summed E-state index contributed by atoms with van der Waals surface area (Å²) < 4.78 is 13.6. The van der Waals surface area contributed by atoms with Crippen LogP contribution in [0.15, 0.2) is 241 Å². The third-order valence-corrected chi connectivity index (χ3v) is 13.6. The van der Waals surface area contributed by atoms with E-state index in [1.807, 2.05) is 42.5 Å². The summed E-state index contributed by atoms with van der Waals surface area (Å²) in [6, 6.07) is 84.1. The van der Waals surface area contributed by atoms with E-state index in [1.54, 1.807) is 0 Å². The maximum Gasteiger partial charge on any atom is 0.168 e. The van der Waals surface area contributed by atoms with Gasteiger partial charge in [0.1, 0.15) is 11.2 Å². The van der Waals surface area contributed by atoms with Crippen molar-refractivity contribution in [2.75, 3.05) is 0 Å². The Hall–Kier alpha value is -9.26. The molecule has 0 atom stereocenters. The van der Waals surface area contributed by atoms with Crippen molar-refractivity contribution in [3.63, 3.8) is 0 Å². The Kier molecular flexibility index (Phi) is 8.48. The fourth-order valence-electron chi connectivity index (χ4n) is 10.6. The van der Waals surface area contributed by atoms with Crippen molar-refractivity contribution in [3.05, 3.63) is 237 Å². The van der Waals surface area contributed by atoms with E-state index < -0.39 is 0 Å². The Morgan fingerprint density at radius 3 is 1.63 bits per heavy atom. The molecule has 0 N–H and O–H groups in total. The van der Waals surface area contributed by atoms with E-state index in [9.17, 15) is 0 Å². The summed E-state index contributed by atoms with van der Waals surface area (Å²) in [6.07, 6.45) is 0.